The van der Waals surface area contributed by atoms with Gasteiger partial charge in [0, 0.05) is 6.04 Å². The first-order chi connectivity index (χ1) is 5.34. The second kappa shape index (κ2) is 4.73. The number of nitrogens with one attached hydrogen (secondary N) is 1. The first-order valence-corrected chi connectivity index (χ1v) is 4.62. The molecule has 11 heavy (non-hydrogen) atoms. The summed E-state index contributed by atoms with van der Waals surface area (Å²) in [6, 6.07) is 1.48. The zero-order chi connectivity index (χ0) is 8.10. The van der Waals surface area contributed by atoms with Crippen LogP contribution in [0.15, 0.2) is 0 Å². The maximum Gasteiger partial charge on any atom is 0.0363 e. The zero-order valence-corrected chi connectivity index (χ0v) is 7.40. The second-order valence-corrected chi connectivity index (χ2v) is 3.38. The molecule has 0 aromatic carbocycles. The Kier molecular flexibility index (Phi) is 3.87. The zero-order valence-electron chi connectivity index (χ0n) is 7.40. The van der Waals surface area contributed by atoms with Crippen LogP contribution in [-0.2, 0) is 0 Å². The van der Waals surface area contributed by atoms with Gasteiger partial charge in [-0.15, -0.1) is 0 Å². The minimum absolute atomic E-state index is 0.798. The molecule has 1 fully saturated rings. The van der Waals surface area contributed by atoms with Crippen molar-refractivity contribution in [2.75, 3.05) is 13.1 Å². The van der Waals surface area contributed by atoms with Crippen molar-refractivity contribution in [2.24, 2.45) is 11.7 Å². The van der Waals surface area contributed by atoms with Crippen molar-refractivity contribution in [1.29, 1.82) is 0 Å². The highest BCUT2D eigenvalue weighted by molar-refractivity contribution is 4.92. The molecule has 1 unspecified atom stereocenters. The lowest BCUT2D eigenvalue weighted by Gasteiger charge is -2.28. The molecule has 1 aliphatic rings. The smallest absolute Gasteiger partial charge is 0.0363 e. The van der Waals surface area contributed by atoms with Gasteiger partial charge < -0.3 is 11.1 Å². The Hall–Kier alpha value is -0.0800. The van der Waals surface area contributed by atoms with E-state index in [9.17, 15) is 0 Å². The first kappa shape index (κ1) is 9.01. The van der Waals surface area contributed by atoms with E-state index in [2.05, 4.69) is 12.2 Å². The Morgan fingerprint density at radius 1 is 1.64 bits per heavy atom. The van der Waals surface area contributed by atoms with E-state index in [1.54, 1.807) is 0 Å². The van der Waals surface area contributed by atoms with Gasteiger partial charge in [0.05, 0.1) is 0 Å². The quantitative estimate of drug-likeness (QED) is 0.644. The summed E-state index contributed by atoms with van der Waals surface area (Å²) in [4.78, 5) is 0. The van der Waals surface area contributed by atoms with Gasteiger partial charge in [-0.1, -0.05) is 0 Å². The molecule has 0 amide bonds. The standard InChI is InChI=1S/C9H19N2/c1-8-9(4-2-6-10)5-3-7-11-8/h9,11H,2-7,10H2,1H3. The molecule has 1 saturated heterocycles. The lowest BCUT2D eigenvalue weighted by Crippen LogP contribution is -2.32. The predicted molar refractivity (Wildman–Crippen MR) is 47.9 cm³/mol. The van der Waals surface area contributed by atoms with Crippen LogP contribution in [0.25, 0.3) is 0 Å². The van der Waals surface area contributed by atoms with E-state index in [0.717, 1.165) is 12.5 Å². The number of piperidine rings is 1. The summed E-state index contributed by atoms with van der Waals surface area (Å²) >= 11 is 0. The van der Waals surface area contributed by atoms with Gasteiger partial charge in [-0.2, -0.15) is 0 Å². The fourth-order valence-corrected chi connectivity index (χ4v) is 1.72. The van der Waals surface area contributed by atoms with Crippen molar-refractivity contribution >= 4 is 0 Å². The molecule has 1 heterocycles. The molecule has 2 nitrogen and oxygen atoms in total. The van der Waals surface area contributed by atoms with Crippen molar-refractivity contribution in [1.82, 2.24) is 5.32 Å². The third-order valence-electron chi connectivity index (χ3n) is 2.50. The Bertz CT molecular complexity index is 104. The molecule has 65 valence electrons. The monoisotopic (exact) mass is 155 g/mol. The average Bonchev–Trinajstić information content (AvgIpc) is 2.03. The maximum absolute atomic E-state index is 5.46. The molecule has 1 rings (SSSR count). The summed E-state index contributed by atoms with van der Waals surface area (Å²) in [6.07, 6.45) is 5.13. The minimum Gasteiger partial charge on any atom is -0.330 e. The van der Waals surface area contributed by atoms with Crippen LogP contribution in [0.1, 0.15) is 32.6 Å². The Balaban J connectivity index is 2.18. The highest BCUT2D eigenvalue weighted by Crippen LogP contribution is 2.25. The van der Waals surface area contributed by atoms with Crippen LogP contribution in [0.4, 0.5) is 0 Å². The van der Waals surface area contributed by atoms with Gasteiger partial charge in [0.15, 0.2) is 0 Å². The number of hydrogen-bond acceptors (Lipinski definition) is 2. The Labute approximate surface area is 69.5 Å². The molecule has 2 heteroatoms. The van der Waals surface area contributed by atoms with Crippen molar-refractivity contribution in [3.05, 3.63) is 6.04 Å². The minimum atomic E-state index is 0.798. The molecule has 0 aliphatic carbocycles. The fraction of sp³-hybridized carbons (Fsp3) is 0.889. The van der Waals surface area contributed by atoms with Crippen LogP contribution in [0, 0.1) is 12.0 Å². The van der Waals surface area contributed by atoms with Crippen molar-refractivity contribution in [3.63, 3.8) is 0 Å². The van der Waals surface area contributed by atoms with Crippen LogP contribution >= 0.6 is 0 Å². The molecule has 1 atom stereocenters. The van der Waals surface area contributed by atoms with E-state index in [4.69, 9.17) is 5.73 Å². The van der Waals surface area contributed by atoms with Crippen LogP contribution in [0.5, 0.6) is 0 Å². The highest BCUT2D eigenvalue weighted by atomic mass is 14.9. The van der Waals surface area contributed by atoms with Crippen LogP contribution in [-0.4, -0.2) is 13.1 Å². The van der Waals surface area contributed by atoms with E-state index in [1.165, 1.54) is 38.3 Å². The van der Waals surface area contributed by atoms with Crippen LogP contribution < -0.4 is 11.1 Å². The maximum atomic E-state index is 5.46. The van der Waals surface area contributed by atoms with E-state index < -0.39 is 0 Å². The van der Waals surface area contributed by atoms with E-state index in [1.807, 2.05) is 0 Å². The molecule has 0 spiro atoms. The van der Waals surface area contributed by atoms with Gasteiger partial charge >= 0.3 is 0 Å². The van der Waals surface area contributed by atoms with Gasteiger partial charge in [-0.25, -0.2) is 0 Å². The summed E-state index contributed by atoms with van der Waals surface area (Å²) in [5.74, 6) is 0.798. The summed E-state index contributed by atoms with van der Waals surface area (Å²) < 4.78 is 0. The van der Waals surface area contributed by atoms with Crippen LogP contribution in [0.2, 0.25) is 0 Å². The third kappa shape index (κ3) is 2.80. The topological polar surface area (TPSA) is 38.0 Å². The molecule has 1 aliphatic heterocycles. The molecule has 0 bridgehead atoms. The van der Waals surface area contributed by atoms with E-state index in [-0.39, 0.29) is 0 Å². The van der Waals surface area contributed by atoms with Gasteiger partial charge in [0.25, 0.3) is 0 Å². The molecule has 1 radical (unpaired) electrons. The van der Waals surface area contributed by atoms with Gasteiger partial charge in [-0.3, -0.25) is 0 Å². The Morgan fingerprint density at radius 2 is 2.45 bits per heavy atom. The summed E-state index contributed by atoms with van der Waals surface area (Å²) in [5.41, 5.74) is 5.46. The summed E-state index contributed by atoms with van der Waals surface area (Å²) in [7, 11) is 0. The number of nitrogens with two attached hydrogens (primary N) is 1. The average molecular weight is 155 g/mol. The molecular formula is C9H19N2. The first-order valence-electron chi connectivity index (χ1n) is 4.62. The second-order valence-electron chi connectivity index (χ2n) is 3.38. The summed E-state index contributed by atoms with van der Waals surface area (Å²) in [6.45, 7) is 4.22. The largest absolute Gasteiger partial charge is 0.330 e. The van der Waals surface area contributed by atoms with Crippen molar-refractivity contribution < 1.29 is 0 Å². The predicted octanol–water partition coefficient (Wildman–Crippen LogP) is 1.28. The SMILES string of the molecule is C[C]1NCCCC1CCCN. The van der Waals surface area contributed by atoms with Crippen molar-refractivity contribution in [2.45, 2.75) is 32.6 Å². The lowest BCUT2D eigenvalue weighted by molar-refractivity contribution is 0.356. The molecular weight excluding hydrogens is 136 g/mol. The normalized spacial score (nSPS) is 27.3. The Morgan fingerprint density at radius 3 is 3.09 bits per heavy atom. The highest BCUT2D eigenvalue weighted by Gasteiger charge is 2.20. The molecule has 0 saturated carbocycles. The van der Waals surface area contributed by atoms with Gasteiger partial charge in [0.2, 0.25) is 0 Å². The van der Waals surface area contributed by atoms with Crippen LogP contribution in [0.3, 0.4) is 0 Å². The molecule has 0 aromatic heterocycles. The van der Waals surface area contributed by atoms with E-state index in [0.29, 0.717) is 0 Å². The van der Waals surface area contributed by atoms with Gasteiger partial charge in [-0.05, 0) is 51.6 Å². The number of hydrogen-bond donors (Lipinski definition) is 2. The van der Waals surface area contributed by atoms with E-state index >= 15 is 0 Å². The number of rotatable bonds is 3. The molecule has 3 N–H and O–H groups in total. The lowest BCUT2D eigenvalue weighted by atomic mass is 9.88. The third-order valence-corrected chi connectivity index (χ3v) is 2.50. The van der Waals surface area contributed by atoms with Crippen molar-refractivity contribution in [3.8, 4) is 0 Å². The fourth-order valence-electron chi connectivity index (χ4n) is 1.72. The summed E-state index contributed by atoms with van der Waals surface area (Å²) in [5, 5.41) is 3.42. The van der Waals surface area contributed by atoms with Gasteiger partial charge in [0.1, 0.15) is 0 Å². The molecule has 0 aromatic rings.